The van der Waals surface area contributed by atoms with Gasteiger partial charge in [-0.2, -0.15) is 0 Å². The van der Waals surface area contributed by atoms with Crippen LogP contribution in [0.25, 0.3) is 0 Å². The van der Waals surface area contributed by atoms with E-state index in [4.69, 9.17) is 0 Å². The third-order valence-corrected chi connectivity index (χ3v) is 5.47. The molecular formula is C23H39N5O2. The molecule has 0 aliphatic carbocycles. The van der Waals surface area contributed by atoms with Crippen molar-refractivity contribution in [3.63, 3.8) is 0 Å². The van der Waals surface area contributed by atoms with E-state index in [0.717, 1.165) is 24.3 Å². The number of nitrogens with one attached hydrogen (secondary N) is 3. The van der Waals surface area contributed by atoms with Crippen molar-refractivity contribution in [1.82, 2.24) is 20.4 Å². The van der Waals surface area contributed by atoms with Crippen LogP contribution in [0.5, 0.6) is 0 Å². The second-order valence-electron chi connectivity index (χ2n) is 8.81. The average molecular weight is 418 g/mol. The summed E-state index contributed by atoms with van der Waals surface area (Å²) < 4.78 is 0. The van der Waals surface area contributed by atoms with E-state index >= 15 is 0 Å². The molecule has 1 saturated heterocycles. The van der Waals surface area contributed by atoms with Crippen molar-refractivity contribution >= 4 is 17.6 Å². The van der Waals surface area contributed by atoms with Crippen molar-refractivity contribution in [3.05, 3.63) is 29.8 Å². The second kappa shape index (κ2) is 12.5. The van der Waals surface area contributed by atoms with E-state index in [1.807, 2.05) is 43.3 Å². The van der Waals surface area contributed by atoms with Crippen LogP contribution in [0.4, 0.5) is 10.5 Å². The fourth-order valence-electron chi connectivity index (χ4n) is 3.90. The molecule has 168 valence electrons. The Kier molecular flexibility index (Phi) is 10.1. The van der Waals surface area contributed by atoms with Crippen LogP contribution < -0.4 is 16.0 Å². The summed E-state index contributed by atoms with van der Waals surface area (Å²) in [7, 11) is 3.71. The number of likely N-dealkylation sites (N-methyl/N-ethyl adjacent to an activating group) is 1. The lowest BCUT2D eigenvalue weighted by atomic mass is 10.0. The fraction of sp³-hybridized carbons (Fsp3) is 0.652. The molecule has 7 nitrogen and oxygen atoms in total. The van der Waals surface area contributed by atoms with Crippen LogP contribution in [0.2, 0.25) is 0 Å². The van der Waals surface area contributed by atoms with Crippen LogP contribution in [0.1, 0.15) is 45.1 Å². The standard InChI is InChI=1S/C23H39N5O2/c1-18(2)21(28-12-7-5-6-8-13-28)16-25-23(30)24-15-19-10-9-11-20(14-19)26-22(29)17-27(3)4/h9-11,14,18,21H,5-8,12-13,15-17H2,1-4H3,(H,26,29)(H2,24,25,30)/t21-/m1/s1. The zero-order valence-corrected chi connectivity index (χ0v) is 19.0. The van der Waals surface area contributed by atoms with E-state index in [2.05, 4.69) is 34.7 Å². The maximum atomic E-state index is 12.4. The first-order chi connectivity index (χ1) is 14.3. The SMILES string of the molecule is CC(C)[C@@H](CNC(=O)NCc1cccc(NC(=O)CN(C)C)c1)N1CCCCCC1. The monoisotopic (exact) mass is 417 g/mol. The van der Waals surface area contributed by atoms with Crippen LogP contribution in [-0.2, 0) is 11.3 Å². The lowest BCUT2D eigenvalue weighted by molar-refractivity contribution is -0.116. The molecule has 30 heavy (non-hydrogen) atoms. The smallest absolute Gasteiger partial charge is 0.315 e. The Balaban J connectivity index is 1.80. The third-order valence-electron chi connectivity index (χ3n) is 5.47. The largest absolute Gasteiger partial charge is 0.337 e. The van der Waals surface area contributed by atoms with Crippen LogP contribution in [-0.4, -0.2) is 68.1 Å². The summed E-state index contributed by atoms with van der Waals surface area (Å²) in [6, 6.07) is 7.78. The summed E-state index contributed by atoms with van der Waals surface area (Å²) in [5, 5.41) is 8.87. The molecule has 0 bridgehead atoms. The summed E-state index contributed by atoms with van der Waals surface area (Å²) in [4.78, 5) is 28.6. The molecule has 1 aliphatic rings. The van der Waals surface area contributed by atoms with Gasteiger partial charge in [-0.25, -0.2) is 4.79 Å². The Morgan fingerprint density at radius 1 is 1.07 bits per heavy atom. The number of urea groups is 1. The predicted molar refractivity (Wildman–Crippen MR) is 123 cm³/mol. The number of benzene rings is 1. The molecule has 0 unspecified atom stereocenters. The number of amides is 3. The van der Waals surface area contributed by atoms with Crippen LogP contribution in [0.15, 0.2) is 24.3 Å². The van der Waals surface area contributed by atoms with Gasteiger partial charge in [-0.3, -0.25) is 9.69 Å². The first-order valence-corrected chi connectivity index (χ1v) is 11.1. The number of hydrogen-bond acceptors (Lipinski definition) is 4. The van der Waals surface area contributed by atoms with Gasteiger partial charge in [0.05, 0.1) is 6.54 Å². The molecule has 1 atom stereocenters. The van der Waals surface area contributed by atoms with Gasteiger partial charge in [-0.15, -0.1) is 0 Å². The van der Waals surface area contributed by atoms with Crippen molar-refractivity contribution in [2.75, 3.05) is 45.6 Å². The molecule has 1 aromatic carbocycles. The summed E-state index contributed by atoms with van der Waals surface area (Å²) in [5.74, 6) is 0.432. The number of hydrogen-bond donors (Lipinski definition) is 3. The first-order valence-electron chi connectivity index (χ1n) is 11.1. The lowest BCUT2D eigenvalue weighted by Gasteiger charge is -2.33. The molecule has 2 rings (SSSR count). The second-order valence-corrected chi connectivity index (χ2v) is 8.81. The van der Waals surface area contributed by atoms with Gasteiger partial charge in [-0.05, 0) is 63.6 Å². The molecule has 1 heterocycles. The van der Waals surface area contributed by atoms with Crippen LogP contribution in [0, 0.1) is 5.92 Å². The number of rotatable bonds is 9. The topological polar surface area (TPSA) is 76.7 Å². The molecule has 1 aliphatic heterocycles. The molecule has 1 aromatic rings. The number of anilines is 1. The summed E-state index contributed by atoms with van der Waals surface area (Å²) in [5.41, 5.74) is 1.68. The third kappa shape index (κ3) is 8.71. The highest BCUT2D eigenvalue weighted by molar-refractivity contribution is 5.92. The predicted octanol–water partition coefficient (Wildman–Crippen LogP) is 2.89. The molecule has 0 radical (unpaired) electrons. The van der Waals surface area contributed by atoms with E-state index < -0.39 is 0 Å². The average Bonchev–Trinajstić information content (AvgIpc) is 2.95. The van der Waals surface area contributed by atoms with Gasteiger partial charge >= 0.3 is 6.03 Å². The number of nitrogens with zero attached hydrogens (tertiary/aromatic N) is 2. The molecule has 0 spiro atoms. The van der Waals surface area contributed by atoms with Gasteiger partial charge in [-0.1, -0.05) is 38.8 Å². The van der Waals surface area contributed by atoms with Gasteiger partial charge in [0.15, 0.2) is 0 Å². The lowest BCUT2D eigenvalue weighted by Crippen LogP contribution is -2.49. The minimum absolute atomic E-state index is 0.0592. The Labute approximate surface area is 181 Å². The van der Waals surface area contributed by atoms with Gasteiger partial charge < -0.3 is 20.9 Å². The Bertz CT molecular complexity index is 669. The molecule has 3 N–H and O–H groups in total. The van der Waals surface area contributed by atoms with E-state index in [1.54, 1.807) is 0 Å². The van der Waals surface area contributed by atoms with Gasteiger partial charge in [0.25, 0.3) is 0 Å². The minimum atomic E-state index is -0.155. The van der Waals surface area contributed by atoms with Gasteiger partial charge in [0, 0.05) is 24.8 Å². The Morgan fingerprint density at radius 3 is 2.40 bits per heavy atom. The molecular weight excluding hydrogens is 378 g/mol. The summed E-state index contributed by atoms with van der Waals surface area (Å²) in [6.07, 6.45) is 5.11. The van der Waals surface area contributed by atoms with E-state index in [9.17, 15) is 9.59 Å². The van der Waals surface area contributed by atoms with Crippen molar-refractivity contribution in [2.45, 2.75) is 52.1 Å². The van der Waals surface area contributed by atoms with E-state index in [0.29, 0.717) is 31.6 Å². The van der Waals surface area contributed by atoms with Crippen molar-refractivity contribution in [3.8, 4) is 0 Å². The molecule has 1 fully saturated rings. The highest BCUT2D eigenvalue weighted by atomic mass is 16.2. The fourth-order valence-corrected chi connectivity index (χ4v) is 3.90. The first kappa shape index (κ1) is 24.2. The molecule has 0 saturated carbocycles. The maximum Gasteiger partial charge on any atom is 0.315 e. The van der Waals surface area contributed by atoms with Gasteiger partial charge in [0.2, 0.25) is 5.91 Å². The summed E-state index contributed by atoms with van der Waals surface area (Å²) >= 11 is 0. The Hall–Kier alpha value is -2.12. The number of carbonyl (C=O) groups is 2. The normalized spacial score (nSPS) is 16.2. The summed E-state index contributed by atoms with van der Waals surface area (Å²) in [6.45, 7) is 8.11. The quantitative estimate of drug-likeness (QED) is 0.577. The van der Waals surface area contributed by atoms with Crippen molar-refractivity contribution < 1.29 is 9.59 Å². The zero-order valence-electron chi connectivity index (χ0n) is 19.0. The molecule has 3 amide bonds. The zero-order chi connectivity index (χ0) is 21.9. The van der Waals surface area contributed by atoms with Crippen molar-refractivity contribution in [2.24, 2.45) is 5.92 Å². The highest BCUT2D eigenvalue weighted by Crippen LogP contribution is 2.17. The van der Waals surface area contributed by atoms with Crippen molar-refractivity contribution in [1.29, 1.82) is 0 Å². The number of carbonyl (C=O) groups excluding carboxylic acids is 2. The van der Waals surface area contributed by atoms with Gasteiger partial charge in [0.1, 0.15) is 0 Å². The Morgan fingerprint density at radius 2 is 1.77 bits per heavy atom. The van der Waals surface area contributed by atoms with Crippen LogP contribution >= 0.6 is 0 Å². The molecule has 7 heteroatoms. The van der Waals surface area contributed by atoms with E-state index in [1.165, 1.54) is 25.7 Å². The molecule has 0 aromatic heterocycles. The maximum absolute atomic E-state index is 12.4. The highest BCUT2D eigenvalue weighted by Gasteiger charge is 2.23. The van der Waals surface area contributed by atoms with Crippen LogP contribution in [0.3, 0.4) is 0 Å². The number of likely N-dealkylation sites (tertiary alicyclic amines) is 1. The minimum Gasteiger partial charge on any atom is -0.337 e. The van der Waals surface area contributed by atoms with E-state index in [-0.39, 0.29) is 11.9 Å².